The van der Waals surface area contributed by atoms with Gasteiger partial charge in [0, 0.05) is 10.0 Å². The van der Waals surface area contributed by atoms with Gasteiger partial charge in [-0.05, 0) is 47.5 Å². The van der Waals surface area contributed by atoms with Crippen LogP contribution in [0, 0.1) is 0 Å². The van der Waals surface area contributed by atoms with Crippen LogP contribution in [-0.4, -0.2) is 12.4 Å². The maximum Gasteiger partial charge on any atom is 0.252 e. The highest BCUT2D eigenvalue weighted by Crippen LogP contribution is 2.29. The third-order valence-electron chi connectivity index (χ3n) is 2.70. The average molecular weight is 356 g/mol. The molecule has 3 nitrogen and oxygen atoms in total. The van der Waals surface area contributed by atoms with Gasteiger partial charge in [-0.25, -0.2) is 0 Å². The molecule has 5 heteroatoms. The number of rotatable bonds is 5. The summed E-state index contributed by atoms with van der Waals surface area (Å²) in [6.07, 6.45) is 0. The van der Waals surface area contributed by atoms with Gasteiger partial charge in [-0.15, -0.1) is 0 Å². The van der Waals surface area contributed by atoms with Gasteiger partial charge in [0.2, 0.25) is 0 Å². The molecule has 104 valence electrons. The van der Waals surface area contributed by atoms with Crippen molar-refractivity contribution >= 4 is 32.8 Å². The maximum atomic E-state index is 11.2. The Morgan fingerprint density at radius 3 is 2.45 bits per heavy atom. The zero-order chi connectivity index (χ0) is 14.5. The molecule has 0 aromatic heterocycles. The van der Waals surface area contributed by atoms with Crippen LogP contribution < -0.4 is 9.47 Å². The van der Waals surface area contributed by atoms with Crippen LogP contribution in [0.5, 0.6) is 11.5 Å². The van der Waals surface area contributed by atoms with Crippen molar-refractivity contribution < 1.29 is 14.3 Å². The van der Waals surface area contributed by atoms with E-state index in [-0.39, 0.29) is 0 Å². The lowest BCUT2D eigenvalue weighted by Crippen LogP contribution is -1.99. The average Bonchev–Trinajstić information content (AvgIpc) is 2.46. The van der Waals surface area contributed by atoms with Gasteiger partial charge >= 0.3 is 0 Å². The molecule has 0 aliphatic heterocycles. The summed E-state index contributed by atoms with van der Waals surface area (Å²) in [5.41, 5.74) is 1.39. The Bertz CT molecular complexity index is 611. The maximum absolute atomic E-state index is 11.2. The van der Waals surface area contributed by atoms with Gasteiger partial charge < -0.3 is 9.47 Å². The summed E-state index contributed by atoms with van der Waals surface area (Å²) in [6.45, 7) is 0.379. The van der Waals surface area contributed by atoms with Crippen molar-refractivity contribution in [3.8, 4) is 11.5 Å². The predicted molar refractivity (Wildman–Crippen MR) is 81.7 cm³/mol. The SMILES string of the molecule is COc1ccc(C(=O)Cl)cc1OCc1ccc(Br)cc1. The summed E-state index contributed by atoms with van der Waals surface area (Å²) < 4.78 is 11.9. The molecule has 0 heterocycles. The Morgan fingerprint density at radius 2 is 1.85 bits per heavy atom. The number of benzene rings is 2. The Balaban J connectivity index is 2.16. The first-order valence-corrected chi connectivity index (χ1v) is 7.02. The highest BCUT2D eigenvalue weighted by atomic mass is 79.9. The van der Waals surface area contributed by atoms with Crippen LogP contribution in [0.1, 0.15) is 15.9 Å². The normalized spacial score (nSPS) is 10.2. The second-order valence-corrected chi connectivity index (χ2v) is 5.31. The molecular weight excluding hydrogens is 344 g/mol. The van der Waals surface area contributed by atoms with E-state index in [1.807, 2.05) is 24.3 Å². The highest BCUT2D eigenvalue weighted by Gasteiger charge is 2.09. The Morgan fingerprint density at radius 1 is 1.15 bits per heavy atom. The van der Waals surface area contributed by atoms with Gasteiger partial charge in [-0.2, -0.15) is 0 Å². The second-order valence-electron chi connectivity index (χ2n) is 4.05. The van der Waals surface area contributed by atoms with Crippen molar-refractivity contribution in [2.45, 2.75) is 6.61 Å². The molecule has 2 aromatic carbocycles. The molecule has 0 atom stereocenters. The Hall–Kier alpha value is -1.52. The quantitative estimate of drug-likeness (QED) is 0.745. The van der Waals surface area contributed by atoms with E-state index < -0.39 is 5.24 Å². The number of halogens is 2. The summed E-state index contributed by atoms with van der Waals surface area (Å²) in [7, 11) is 1.55. The summed E-state index contributed by atoms with van der Waals surface area (Å²) in [5, 5.41) is -0.527. The van der Waals surface area contributed by atoms with Crippen LogP contribution in [0.15, 0.2) is 46.9 Å². The van der Waals surface area contributed by atoms with Crippen LogP contribution in [0.3, 0.4) is 0 Å². The molecule has 0 saturated carbocycles. The molecule has 0 bridgehead atoms. The first-order chi connectivity index (χ1) is 9.60. The number of ether oxygens (including phenoxy) is 2. The molecular formula is C15H12BrClO3. The molecule has 0 spiro atoms. The van der Waals surface area contributed by atoms with Crippen molar-refractivity contribution in [2.75, 3.05) is 7.11 Å². The number of hydrogen-bond acceptors (Lipinski definition) is 3. The minimum atomic E-state index is -0.527. The minimum Gasteiger partial charge on any atom is -0.493 e. The molecule has 0 amide bonds. The summed E-state index contributed by atoms with van der Waals surface area (Å²) in [5.74, 6) is 1.05. The van der Waals surface area contributed by atoms with E-state index in [1.54, 1.807) is 25.3 Å². The summed E-state index contributed by atoms with van der Waals surface area (Å²) >= 11 is 8.84. The van der Waals surface area contributed by atoms with Crippen LogP contribution in [-0.2, 0) is 6.61 Å². The van der Waals surface area contributed by atoms with E-state index >= 15 is 0 Å². The molecule has 0 fully saturated rings. The van der Waals surface area contributed by atoms with Gasteiger partial charge in [0.25, 0.3) is 5.24 Å². The van der Waals surface area contributed by atoms with E-state index in [9.17, 15) is 4.79 Å². The fraction of sp³-hybridized carbons (Fsp3) is 0.133. The fourth-order valence-corrected chi connectivity index (χ4v) is 2.04. The van der Waals surface area contributed by atoms with Crippen molar-refractivity contribution in [2.24, 2.45) is 0 Å². The number of hydrogen-bond donors (Lipinski definition) is 0. The third-order valence-corrected chi connectivity index (χ3v) is 3.45. The highest BCUT2D eigenvalue weighted by molar-refractivity contribution is 9.10. The Labute approximate surface area is 130 Å². The molecule has 0 radical (unpaired) electrons. The van der Waals surface area contributed by atoms with Crippen molar-refractivity contribution in [1.29, 1.82) is 0 Å². The number of methoxy groups -OCH3 is 1. The molecule has 20 heavy (non-hydrogen) atoms. The van der Waals surface area contributed by atoms with E-state index in [1.165, 1.54) is 0 Å². The lowest BCUT2D eigenvalue weighted by molar-refractivity contribution is 0.108. The molecule has 0 saturated heterocycles. The monoisotopic (exact) mass is 354 g/mol. The minimum absolute atomic E-state index is 0.373. The number of carbonyl (C=O) groups excluding carboxylic acids is 1. The molecule has 0 aliphatic rings. The predicted octanol–water partition coefficient (Wildman–Crippen LogP) is 4.42. The number of carbonyl (C=O) groups is 1. The molecule has 0 aliphatic carbocycles. The first-order valence-electron chi connectivity index (χ1n) is 5.85. The summed E-state index contributed by atoms with van der Waals surface area (Å²) in [6, 6.07) is 12.6. The van der Waals surface area contributed by atoms with Crippen molar-refractivity contribution in [1.82, 2.24) is 0 Å². The van der Waals surface area contributed by atoms with Gasteiger partial charge in [0.05, 0.1) is 7.11 Å². The topological polar surface area (TPSA) is 35.5 Å². The van der Waals surface area contributed by atoms with Gasteiger partial charge in [-0.3, -0.25) is 4.79 Å². The van der Waals surface area contributed by atoms with E-state index in [4.69, 9.17) is 21.1 Å². The molecule has 0 N–H and O–H groups in total. The Kier molecular flexibility index (Phi) is 5.04. The van der Waals surface area contributed by atoms with Crippen LogP contribution in [0.25, 0.3) is 0 Å². The van der Waals surface area contributed by atoms with Crippen LogP contribution in [0.4, 0.5) is 0 Å². The second kappa shape index (κ2) is 6.77. The van der Waals surface area contributed by atoms with E-state index in [0.29, 0.717) is 23.7 Å². The van der Waals surface area contributed by atoms with Crippen molar-refractivity contribution in [3.05, 3.63) is 58.1 Å². The van der Waals surface area contributed by atoms with E-state index in [2.05, 4.69) is 15.9 Å². The molecule has 0 unspecified atom stereocenters. The van der Waals surface area contributed by atoms with E-state index in [0.717, 1.165) is 10.0 Å². The molecule has 2 aromatic rings. The largest absolute Gasteiger partial charge is 0.493 e. The van der Waals surface area contributed by atoms with Gasteiger partial charge in [0.15, 0.2) is 11.5 Å². The summed E-state index contributed by atoms with van der Waals surface area (Å²) in [4.78, 5) is 11.2. The zero-order valence-electron chi connectivity index (χ0n) is 10.7. The zero-order valence-corrected chi connectivity index (χ0v) is 13.1. The fourth-order valence-electron chi connectivity index (χ4n) is 1.65. The van der Waals surface area contributed by atoms with Crippen molar-refractivity contribution in [3.63, 3.8) is 0 Å². The molecule has 2 rings (SSSR count). The van der Waals surface area contributed by atoms with Gasteiger partial charge in [0.1, 0.15) is 6.61 Å². The van der Waals surface area contributed by atoms with Crippen LogP contribution in [0.2, 0.25) is 0 Å². The smallest absolute Gasteiger partial charge is 0.252 e. The lowest BCUT2D eigenvalue weighted by atomic mass is 10.2. The third kappa shape index (κ3) is 3.74. The first kappa shape index (κ1) is 14.9. The standard InChI is InChI=1S/C15H12BrClO3/c1-19-13-7-4-11(15(17)18)8-14(13)20-9-10-2-5-12(16)6-3-10/h2-8H,9H2,1H3. The lowest BCUT2D eigenvalue weighted by Gasteiger charge is -2.11. The van der Waals surface area contributed by atoms with Crippen LogP contribution >= 0.6 is 27.5 Å². The van der Waals surface area contributed by atoms with Gasteiger partial charge in [-0.1, -0.05) is 28.1 Å².